The topological polar surface area (TPSA) is 45.0 Å². The number of hydrogen-bond donors (Lipinski definition) is 1. The molecule has 0 aromatic heterocycles. The fourth-order valence-corrected chi connectivity index (χ4v) is 2.45. The van der Waals surface area contributed by atoms with Crippen LogP contribution in [0.15, 0.2) is 48.5 Å². The van der Waals surface area contributed by atoms with Gasteiger partial charge in [0.2, 0.25) is 0 Å². The molecule has 0 radical (unpaired) electrons. The summed E-state index contributed by atoms with van der Waals surface area (Å²) in [6.07, 6.45) is 0.953. The Morgan fingerprint density at radius 2 is 1.86 bits per heavy atom. The van der Waals surface area contributed by atoms with Gasteiger partial charge in [-0.05, 0) is 24.1 Å². The van der Waals surface area contributed by atoms with Crippen molar-refractivity contribution in [3.8, 4) is 11.8 Å². The van der Waals surface area contributed by atoms with Gasteiger partial charge in [0.15, 0.2) is 0 Å². The molecular weight excluding hydrogens is 260 g/mol. The van der Waals surface area contributed by atoms with Crippen LogP contribution < -0.4 is 10.1 Å². The van der Waals surface area contributed by atoms with E-state index in [0.29, 0.717) is 6.54 Å². The highest BCUT2D eigenvalue weighted by Crippen LogP contribution is 2.27. The minimum atomic E-state index is 0.202. The molecule has 0 bridgehead atoms. The Kier molecular flexibility index (Phi) is 5.36. The van der Waals surface area contributed by atoms with Gasteiger partial charge < -0.3 is 10.1 Å². The summed E-state index contributed by atoms with van der Waals surface area (Å²) in [5.41, 5.74) is 2.89. The summed E-state index contributed by atoms with van der Waals surface area (Å²) in [7, 11) is 1.69. The van der Waals surface area contributed by atoms with Crippen LogP contribution in [-0.2, 0) is 6.54 Å². The molecule has 0 aliphatic carbocycles. The van der Waals surface area contributed by atoms with Crippen LogP contribution in [0.1, 0.15) is 36.1 Å². The van der Waals surface area contributed by atoms with Crippen LogP contribution in [0.25, 0.3) is 0 Å². The first-order chi connectivity index (χ1) is 10.3. The summed E-state index contributed by atoms with van der Waals surface area (Å²) in [4.78, 5) is 0. The third-order valence-electron chi connectivity index (χ3n) is 3.60. The minimum absolute atomic E-state index is 0.202. The van der Waals surface area contributed by atoms with Crippen molar-refractivity contribution in [2.24, 2.45) is 0 Å². The molecule has 1 unspecified atom stereocenters. The summed E-state index contributed by atoms with van der Waals surface area (Å²) >= 11 is 0. The van der Waals surface area contributed by atoms with Gasteiger partial charge in [0, 0.05) is 18.2 Å². The second kappa shape index (κ2) is 7.47. The Morgan fingerprint density at radius 1 is 1.14 bits per heavy atom. The first kappa shape index (κ1) is 15.1. The predicted octanol–water partition coefficient (Wildman–Crippen LogP) is 3.81. The molecule has 0 spiro atoms. The summed E-state index contributed by atoms with van der Waals surface area (Å²) in [5, 5.41) is 12.7. The molecule has 3 nitrogen and oxygen atoms in total. The molecule has 108 valence electrons. The highest BCUT2D eigenvalue weighted by atomic mass is 16.5. The molecule has 1 N–H and O–H groups in total. The summed E-state index contributed by atoms with van der Waals surface area (Å²) < 4.78 is 5.43. The third-order valence-corrected chi connectivity index (χ3v) is 3.60. The average molecular weight is 280 g/mol. The number of rotatable bonds is 6. The Balaban J connectivity index is 2.15. The molecule has 0 aliphatic rings. The van der Waals surface area contributed by atoms with Crippen molar-refractivity contribution < 1.29 is 4.74 Å². The van der Waals surface area contributed by atoms with E-state index in [4.69, 9.17) is 10.00 Å². The lowest BCUT2D eigenvalue weighted by molar-refractivity contribution is 0.396. The van der Waals surface area contributed by atoms with Gasteiger partial charge in [-0.25, -0.2) is 0 Å². The molecule has 0 amide bonds. The normalized spacial score (nSPS) is 11.7. The number of nitriles is 1. The fourth-order valence-electron chi connectivity index (χ4n) is 2.45. The smallest absolute Gasteiger partial charge is 0.123 e. The molecule has 0 saturated heterocycles. The molecule has 3 heteroatoms. The maximum atomic E-state index is 9.14. The molecule has 2 rings (SSSR count). The van der Waals surface area contributed by atoms with Gasteiger partial charge in [-0.1, -0.05) is 43.3 Å². The maximum Gasteiger partial charge on any atom is 0.123 e. The lowest BCUT2D eigenvalue weighted by atomic mass is 10.0. The molecule has 1 atom stereocenters. The highest BCUT2D eigenvalue weighted by Gasteiger charge is 2.13. The average Bonchev–Trinajstić information content (AvgIpc) is 2.56. The highest BCUT2D eigenvalue weighted by molar-refractivity contribution is 5.38. The number of para-hydroxylation sites is 1. The number of methoxy groups -OCH3 is 1. The van der Waals surface area contributed by atoms with Gasteiger partial charge >= 0.3 is 0 Å². The van der Waals surface area contributed by atoms with E-state index in [-0.39, 0.29) is 6.04 Å². The SMILES string of the molecule is CCC(NCc1ccccc1C#N)c1ccccc1OC. The van der Waals surface area contributed by atoms with E-state index in [9.17, 15) is 0 Å². The van der Waals surface area contributed by atoms with Crippen LogP contribution >= 0.6 is 0 Å². The number of ether oxygens (including phenoxy) is 1. The zero-order valence-electron chi connectivity index (χ0n) is 12.5. The number of nitrogens with one attached hydrogen (secondary N) is 1. The molecule has 21 heavy (non-hydrogen) atoms. The molecule has 0 saturated carbocycles. The van der Waals surface area contributed by atoms with Crippen LogP contribution in [0.2, 0.25) is 0 Å². The Morgan fingerprint density at radius 3 is 2.57 bits per heavy atom. The summed E-state index contributed by atoms with van der Waals surface area (Å²) in [6.45, 7) is 2.81. The van der Waals surface area contributed by atoms with Gasteiger partial charge in [-0.15, -0.1) is 0 Å². The molecule has 0 heterocycles. The first-order valence-corrected chi connectivity index (χ1v) is 7.14. The molecule has 0 aliphatic heterocycles. The molecule has 2 aromatic carbocycles. The van der Waals surface area contributed by atoms with E-state index in [2.05, 4.69) is 24.4 Å². The monoisotopic (exact) mass is 280 g/mol. The Labute approximate surface area is 126 Å². The Bertz CT molecular complexity index is 631. The lowest BCUT2D eigenvalue weighted by Gasteiger charge is -2.20. The minimum Gasteiger partial charge on any atom is -0.496 e. The van der Waals surface area contributed by atoms with E-state index >= 15 is 0 Å². The van der Waals surface area contributed by atoms with Crippen molar-refractivity contribution in [1.82, 2.24) is 5.32 Å². The van der Waals surface area contributed by atoms with E-state index in [1.54, 1.807) is 7.11 Å². The van der Waals surface area contributed by atoms with Crippen LogP contribution in [0.3, 0.4) is 0 Å². The van der Waals surface area contributed by atoms with Gasteiger partial charge in [-0.3, -0.25) is 0 Å². The van der Waals surface area contributed by atoms with Crippen molar-refractivity contribution >= 4 is 0 Å². The standard InChI is InChI=1S/C18H20N2O/c1-3-17(16-10-6-7-11-18(16)21-2)20-13-15-9-5-4-8-14(15)12-19/h4-11,17,20H,3,13H2,1-2H3. The zero-order valence-corrected chi connectivity index (χ0v) is 12.5. The maximum absolute atomic E-state index is 9.14. The van der Waals surface area contributed by atoms with Crippen LogP contribution in [-0.4, -0.2) is 7.11 Å². The van der Waals surface area contributed by atoms with Crippen molar-refractivity contribution in [2.45, 2.75) is 25.9 Å². The third kappa shape index (κ3) is 3.62. The first-order valence-electron chi connectivity index (χ1n) is 7.14. The number of benzene rings is 2. The van der Waals surface area contributed by atoms with E-state index in [1.165, 1.54) is 0 Å². The number of nitrogens with zero attached hydrogens (tertiary/aromatic N) is 1. The van der Waals surface area contributed by atoms with Crippen LogP contribution in [0, 0.1) is 11.3 Å². The van der Waals surface area contributed by atoms with Crippen LogP contribution in [0.5, 0.6) is 5.75 Å². The van der Waals surface area contributed by atoms with Gasteiger partial charge in [0.1, 0.15) is 5.75 Å². The van der Waals surface area contributed by atoms with E-state index in [0.717, 1.165) is 28.9 Å². The largest absolute Gasteiger partial charge is 0.496 e. The van der Waals surface area contributed by atoms with Gasteiger partial charge in [0.25, 0.3) is 0 Å². The molecular formula is C18H20N2O. The zero-order chi connectivity index (χ0) is 15.1. The number of hydrogen-bond acceptors (Lipinski definition) is 3. The molecule has 2 aromatic rings. The quantitative estimate of drug-likeness (QED) is 0.875. The summed E-state index contributed by atoms with van der Waals surface area (Å²) in [6, 6.07) is 18.2. The Hall–Kier alpha value is -2.31. The van der Waals surface area contributed by atoms with E-state index < -0.39 is 0 Å². The molecule has 0 fully saturated rings. The van der Waals surface area contributed by atoms with Crippen LogP contribution in [0.4, 0.5) is 0 Å². The van der Waals surface area contributed by atoms with Crippen molar-refractivity contribution in [3.05, 3.63) is 65.2 Å². The summed E-state index contributed by atoms with van der Waals surface area (Å²) in [5.74, 6) is 0.894. The fraction of sp³-hybridized carbons (Fsp3) is 0.278. The predicted molar refractivity (Wildman–Crippen MR) is 84.0 cm³/mol. The van der Waals surface area contributed by atoms with Crippen molar-refractivity contribution in [3.63, 3.8) is 0 Å². The lowest BCUT2D eigenvalue weighted by Crippen LogP contribution is -2.21. The van der Waals surface area contributed by atoms with Crippen molar-refractivity contribution in [2.75, 3.05) is 7.11 Å². The van der Waals surface area contributed by atoms with Gasteiger partial charge in [0.05, 0.1) is 18.7 Å². The second-order valence-corrected chi connectivity index (χ2v) is 4.85. The van der Waals surface area contributed by atoms with E-state index in [1.807, 2.05) is 42.5 Å². The second-order valence-electron chi connectivity index (χ2n) is 4.85. The van der Waals surface area contributed by atoms with Crippen molar-refractivity contribution in [1.29, 1.82) is 5.26 Å². The van der Waals surface area contributed by atoms with Gasteiger partial charge in [-0.2, -0.15) is 5.26 Å².